The van der Waals surface area contributed by atoms with Gasteiger partial charge in [0.1, 0.15) is 11.7 Å². The van der Waals surface area contributed by atoms with E-state index >= 15 is 0 Å². The molecule has 0 bridgehead atoms. The molecule has 1 saturated heterocycles. The number of hydrogen-bond acceptors (Lipinski definition) is 3. The Kier molecular flexibility index (Phi) is 7.60. The van der Waals surface area contributed by atoms with E-state index in [1.165, 1.54) is 0 Å². The average molecular weight is 273 g/mol. The summed E-state index contributed by atoms with van der Waals surface area (Å²) >= 11 is 0. The van der Waals surface area contributed by atoms with Gasteiger partial charge in [-0.2, -0.15) is 0 Å². The molecule has 0 spiro atoms. The van der Waals surface area contributed by atoms with Crippen LogP contribution in [0.2, 0.25) is 0 Å². The van der Waals surface area contributed by atoms with Gasteiger partial charge in [-0.15, -0.1) is 13.1 Å². The standard InChI is InChI=1S/C9H14NO3.Y/c1-2-13-9(12)7-3-5-10-6-4-8(7)11;/h7H,2-6H2,1H3;/q-1;. The maximum absolute atomic E-state index is 11.4. The van der Waals surface area contributed by atoms with E-state index in [9.17, 15) is 9.59 Å². The molecule has 1 heterocycles. The van der Waals surface area contributed by atoms with E-state index in [4.69, 9.17) is 4.74 Å². The van der Waals surface area contributed by atoms with E-state index in [0.29, 0.717) is 32.5 Å². The molecule has 0 aliphatic carbocycles. The third-order valence-electron chi connectivity index (χ3n) is 2.05. The van der Waals surface area contributed by atoms with Gasteiger partial charge in [0.25, 0.3) is 0 Å². The van der Waals surface area contributed by atoms with Crippen molar-refractivity contribution in [1.29, 1.82) is 0 Å². The van der Waals surface area contributed by atoms with Crippen molar-refractivity contribution in [2.45, 2.75) is 19.8 Å². The van der Waals surface area contributed by atoms with Crippen LogP contribution in [0.15, 0.2) is 0 Å². The molecule has 1 unspecified atom stereocenters. The second-order valence-corrected chi connectivity index (χ2v) is 2.98. The van der Waals surface area contributed by atoms with E-state index in [-0.39, 0.29) is 44.5 Å². The monoisotopic (exact) mass is 273 g/mol. The fourth-order valence-electron chi connectivity index (χ4n) is 1.35. The molecule has 0 N–H and O–H groups in total. The minimum absolute atomic E-state index is 0. The summed E-state index contributed by atoms with van der Waals surface area (Å²) in [4.78, 5) is 22.6. The van der Waals surface area contributed by atoms with Crippen molar-refractivity contribution in [3.63, 3.8) is 0 Å². The third kappa shape index (κ3) is 4.15. The van der Waals surface area contributed by atoms with Gasteiger partial charge >= 0.3 is 5.97 Å². The van der Waals surface area contributed by atoms with Crippen molar-refractivity contribution < 1.29 is 47.0 Å². The van der Waals surface area contributed by atoms with E-state index in [2.05, 4.69) is 5.32 Å². The Morgan fingerprint density at radius 3 is 2.93 bits per heavy atom. The SMILES string of the molecule is CCOC(=O)C1CC[N-]CCC1=O.[Y]. The number of ketones is 1. The van der Waals surface area contributed by atoms with Crippen LogP contribution in [0.4, 0.5) is 0 Å². The van der Waals surface area contributed by atoms with Crippen molar-refractivity contribution >= 4 is 11.8 Å². The number of rotatable bonds is 2. The first-order valence-electron chi connectivity index (χ1n) is 4.58. The van der Waals surface area contributed by atoms with Crippen LogP contribution in [0.25, 0.3) is 5.32 Å². The van der Waals surface area contributed by atoms with Crippen LogP contribution in [0, 0.1) is 5.92 Å². The van der Waals surface area contributed by atoms with Crippen molar-refractivity contribution in [1.82, 2.24) is 0 Å². The van der Waals surface area contributed by atoms with E-state index in [1.807, 2.05) is 0 Å². The molecule has 1 aliphatic rings. The van der Waals surface area contributed by atoms with E-state index in [1.54, 1.807) is 6.92 Å². The minimum atomic E-state index is -0.564. The quantitative estimate of drug-likeness (QED) is 0.555. The molecule has 5 heteroatoms. The summed E-state index contributed by atoms with van der Waals surface area (Å²) in [6.07, 6.45) is 0.890. The predicted octanol–water partition coefficient (Wildman–Crippen LogP) is 0.900. The molecule has 14 heavy (non-hydrogen) atoms. The maximum atomic E-state index is 11.4. The number of hydrogen-bond donors (Lipinski definition) is 0. The van der Waals surface area contributed by atoms with E-state index < -0.39 is 5.92 Å². The number of carbonyl (C=O) groups excluding carboxylic acids is 2. The first-order valence-corrected chi connectivity index (χ1v) is 4.58. The normalized spacial score (nSPS) is 22.1. The molecule has 0 amide bonds. The van der Waals surface area contributed by atoms with Gasteiger partial charge in [0.05, 0.1) is 6.61 Å². The van der Waals surface area contributed by atoms with Crippen LogP contribution in [-0.4, -0.2) is 31.4 Å². The van der Waals surface area contributed by atoms with Crippen LogP contribution in [0.3, 0.4) is 0 Å². The molecule has 1 rings (SSSR count). The van der Waals surface area contributed by atoms with Crippen molar-refractivity contribution in [3.8, 4) is 0 Å². The summed E-state index contributed by atoms with van der Waals surface area (Å²) in [5, 5.41) is 4.09. The van der Waals surface area contributed by atoms with Gasteiger partial charge in [-0.05, 0) is 13.3 Å². The summed E-state index contributed by atoms with van der Waals surface area (Å²) in [6.45, 7) is 3.22. The Labute approximate surface area is 109 Å². The molecular weight excluding hydrogens is 259 g/mol. The van der Waals surface area contributed by atoms with Gasteiger partial charge in [0.2, 0.25) is 0 Å². The molecule has 1 fully saturated rings. The molecule has 0 saturated carbocycles. The molecular formula is C9H14NO3Y-. The van der Waals surface area contributed by atoms with Crippen molar-refractivity contribution in [3.05, 3.63) is 5.32 Å². The van der Waals surface area contributed by atoms with E-state index in [0.717, 1.165) is 0 Å². The molecule has 4 nitrogen and oxygen atoms in total. The van der Waals surface area contributed by atoms with Gasteiger partial charge in [0.15, 0.2) is 0 Å². The molecule has 0 aromatic carbocycles. The molecule has 1 radical (unpaired) electrons. The molecule has 0 aromatic heterocycles. The van der Waals surface area contributed by atoms with Crippen molar-refractivity contribution in [2.75, 3.05) is 19.7 Å². The third-order valence-corrected chi connectivity index (χ3v) is 2.05. The first-order chi connectivity index (χ1) is 6.25. The summed E-state index contributed by atoms with van der Waals surface area (Å²) in [7, 11) is 0. The van der Waals surface area contributed by atoms with Gasteiger partial charge in [-0.1, -0.05) is 6.42 Å². The Morgan fingerprint density at radius 1 is 1.57 bits per heavy atom. The Morgan fingerprint density at radius 2 is 2.29 bits per heavy atom. The van der Waals surface area contributed by atoms with Gasteiger partial charge in [-0.3, -0.25) is 9.59 Å². The van der Waals surface area contributed by atoms with Crippen molar-refractivity contribution in [2.24, 2.45) is 5.92 Å². The zero-order chi connectivity index (χ0) is 9.68. The van der Waals surface area contributed by atoms with Crippen LogP contribution >= 0.6 is 0 Å². The molecule has 1 aliphatic heterocycles. The summed E-state index contributed by atoms with van der Waals surface area (Å²) in [6, 6.07) is 0. The maximum Gasteiger partial charge on any atom is 0.316 e. The average Bonchev–Trinajstić information content (AvgIpc) is 2.30. The Hall–Kier alpha value is 0.204. The van der Waals surface area contributed by atoms with Crippen LogP contribution in [-0.2, 0) is 47.0 Å². The Bertz CT molecular complexity index is 208. The van der Waals surface area contributed by atoms with Crippen LogP contribution in [0.1, 0.15) is 19.8 Å². The summed E-state index contributed by atoms with van der Waals surface area (Å²) < 4.78 is 4.81. The number of carbonyl (C=O) groups is 2. The number of nitrogens with zero attached hydrogens (tertiary/aromatic N) is 1. The molecule has 0 aromatic rings. The summed E-state index contributed by atoms with van der Waals surface area (Å²) in [5.41, 5.74) is 0. The number of ether oxygens (including phenoxy) is 1. The smallest absolute Gasteiger partial charge is 0.316 e. The Balaban J connectivity index is 0.00000169. The second kappa shape index (κ2) is 7.49. The minimum Gasteiger partial charge on any atom is -0.662 e. The first kappa shape index (κ1) is 14.2. The zero-order valence-corrected chi connectivity index (χ0v) is 11.2. The number of Topliss-reactive ketones (excluding diaryl/α,β-unsaturated/α-hetero) is 1. The zero-order valence-electron chi connectivity index (χ0n) is 8.36. The van der Waals surface area contributed by atoms with Gasteiger partial charge in [0, 0.05) is 32.7 Å². The van der Waals surface area contributed by atoms with Crippen LogP contribution < -0.4 is 0 Å². The fraction of sp³-hybridized carbons (Fsp3) is 0.778. The largest absolute Gasteiger partial charge is 0.662 e. The van der Waals surface area contributed by atoms with Gasteiger partial charge in [-0.25, -0.2) is 0 Å². The topological polar surface area (TPSA) is 57.5 Å². The van der Waals surface area contributed by atoms with Crippen LogP contribution in [0.5, 0.6) is 0 Å². The molecule has 1 atom stereocenters. The predicted molar refractivity (Wildman–Crippen MR) is 47.5 cm³/mol. The second-order valence-electron chi connectivity index (χ2n) is 2.98. The summed E-state index contributed by atoms with van der Waals surface area (Å²) in [5.74, 6) is -0.976. The van der Waals surface area contributed by atoms with Gasteiger partial charge < -0.3 is 10.1 Å². The number of esters is 1. The fourth-order valence-corrected chi connectivity index (χ4v) is 1.35. The molecule has 77 valence electrons.